The number of amides is 2. The number of nitrogens with one attached hydrogen (secondary N) is 1. The van der Waals surface area contributed by atoms with E-state index in [2.05, 4.69) is 5.32 Å². The molecule has 2 unspecified atom stereocenters. The SMILES string of the molecule is CCOC(=O)CN(C)C(=O)NC1CCCC1C(=O)O. The van der Waals surface area contributed by atoms with E-state index in [0.29, 0.717) is 12.8 Å². The van der Waals surface area contributed by atoms with Crippen LogP contribution in [-0.4, -0.2) is 54.2 Å². The van der Waals surface area contributed by atoms with Crippen molar-refractivity contribution in [2.45, 2.75) is 32.2 Å². The van der Waals surface area contributed by atoms with Gasteiger partial charge in [-0.15, -0.1) is 0 Å². The second-order valence-electron chi connectivity index (χ2n) is 4.59. The van der Waals surface area contributed by atoms with Crippen LogP contribution in [-0.2, 0) is 14.3 Å². The maximum absolute atomic E-state index is 11.8. The number of carboxylic acid groups (broad SMARTS) is 1. The molecule has 19 heavy (non-hydrogen) atoms. The van der Waals surface area contributed by atoms with Gasteiger partial charge in [0.25, 0.3) is 0 Å². The number of aliphatic carboxylic acids is 1. The molecule has 1 aliphatic rings. The van der Waals surface area contributed by atoms with Gasteiger partial charge in [-0.25, -0.2) is 4.79 Å². The zero-order chi connectivity index (χ0) is 14.4. The van der Waals surface area contributed by atoms with Gasteiger partial charge in [-0.2, -0.15) is 0 Å². The highest BCUT2D eigenvalue weighted by Gasteiger charge is 2.34. The summed E-state index contributed by atoms with van der Waals surface area (Å²) < 4.78 is 4.74. The molecule has 2 amide bonds. The third kappa shape index (κ3) is 4.42. The third-order valence-electron chi connectivity index (χ3n) is 3.16. The monoisotopic (exact) mass is 272 g/mol. The Kier molecular flexibility index (Phi) is 5.59. The van der Waals surface area contributed by atoms with Gasteiger partial charge in [-0.1, -0.05) is 6.42 Å². The van der Waals surface area contributed by atoms with Crippen LogP contribution < -0.4 is 5.32 Å². The van der Waals surface area contributed by atoms with Crippen molar-refractivity contribution in [3.63, 3.8) is 0 Å². The molecule has 0 aromatic heterocycles. The Morgan fingerprint density at radius 3 is 2.63 bits per heavy atom. The summed E-state index contributed by atoms with van der Waals surface area (Å²) in [5, 5.41) is 11.7. The summed E-state index contributed by atoms with van der Waals surface area (Å²) in [5.41, 5.74) is 0. The zero-order valence-electron chi connectivity index (χ0n) is 11.2. The molecule has 0 heterocycles. The second-order valence-corrected chi connectivity index (χ2v) is 4.59. The lowest BCUT2D eigenvalue weighted by Gasteiger charge is -2.22. The van der Waals surface area contributed by atoms with Crippen molar-refractivity contribution < 1.29 is 24.2 Å². The molecule has 0 radical (unpaired) electrons. The number of carboxylic acids is 1. The molecular weight excluding hydrogens is 252 g/mol. The Bertz CT molecular complexity index is 358. The van der Waals surface area contributed by atoms with E-state index in [1.54, 1.807) is 6.92 Å². The molecule has 0 bridgehead atoms. The summed E-state index contributed by atoms with van der Waals surface area (Å²) in [7, 11) is 1.47. The van der Waals surface area contributed by atoms with Gasteiger partial charge in [-0.05, 0) is 19.8 Å². The van der Waals surface area contributed by atoms with Crippen LogP contribution in [0, 0.1) is 5.92 Å². The average molecular weight is 272 g/mol. The number of urea groups is 1. The lowest BCUT2D eigenvalue weighted by molar-refractivity contribution is -0.144. The molecule has 7 heteroatoms. The number of hydrogen-bond acceptors (Lipinski definition) is 4. The van der Waals surface area contributed by atoms with Crippen molar-refractivity contribution in [1.82, 2.24) is 10.2 Å². The summed E-state index contributed by atoms with van der Waals surface area (Å²) in [4.78, 5) is 35.2. The predicted molar refractivity (Wildman–Crippen MR) is 66.6 cm³/mol. The van der Waals surface area contributed by atoms with Crippen molar-refractivity contribution in [2.24, 2.45) is 5.92 Å². The minimum Gasteiger partial charge on any atom is -0.481 e. The first kappa shape index (κ1) is 15.3. The number of nitrogens with zero attached hydrogens (tertiary/aromatic N) is 1. The molecule has 108 valence electrons. The van der Waals surface area contributed by atoms with Crippen LogP contribution in [0.4, 0.5) is 4.79 Å². The van der Waals surface area contributed by atoms with Crippen molar-refractivity contribution in [1.29, 1.82) is 0 Å². The van der Waals surface area contributed by atoms with Gasteiger partial charge in [0.05, 0.1) is 12.5 Å². The molecule has 1 aliphatic carbocycles. The zero-order valence-corrected chi connectivity index (χ0v) is 11.2. The fourth-order valence-electron chi connectivity index (χ4n) is 2.17. The molecule has 0 spiro atoms. The maximum atomic E-state index is 11.8. The van der Waals surface area contributed by atoms with Crippen LogP contribution >= 0.6 is 0 Å². The molecule has 0 aliphatic heterocycles. The number of ether oxygens (including phenoxy) is 1. The number of rotatable bonds is 5. The van der Waals surface area contributed by atoms with E-state index in [4.69, 9.17) is 9.84 Å². The van der Waals surface area contributed by atoms with Crippen molar-refractivity contribution in [3.8, 4) is 0 Å². The van der Waals surface area contributed by atoms with E-state index < -0.39 is 23.9 Å². The first-order valence-electron chi connectivity index (χ1n) is 6.35. The van der Waals surface area contributed by atoms with Gasteiger partial charge >= 0.3 is 18.0 Å². The number of carbonyl (C=O) groups excluding carboxylic acids is 2. The Labute approximate surface area is 111 Å². The van der Waals surface area contributed by atoms with Crippen LogP contribution in [0.5, 0.6) is 0 Å². The molecule has 1 fully saturated rings. The molecule has 2 atom stereocenters. The Balaban J connectivity index is 2.45. The first-order chi connectivity index (χ1) is 8.95. The lowest BCUT2D eigenvalue weighted by atomic mass is 10.0. The van der Waals surface area contributed by atoms with Crippen LogP contribution in [0.15, 0.2) is 0 Å². The fraction of sp³-hybridized carbons (Fsp3) is 0.750. The highest BCUT2D eigenvalue weighted by molar-refractivity contribution is 5.81. The third-order valence-corrected chi connectivity index (χ3v) is 3.16. The highest BCUT2D eigenvalue weighted by atomic mass is 16.5. The summed E-state index contributed by atoms with van der Waals surface area (Å²) in [6.45, 7) is 1.80. The van der Waals surface area contributed by atoms with Crippen LogP contribution in [0.1, 0.15) is 26.2 Å². The summed E-state index contributed by atoms with van der Waals surface area (Å²) in [6, 6.07) is -0.819. The molecule has 2 N–H and O–H groups in total. The van der Waals surface area contributed by atoms with Gasteiger partial charge in [-0.3, -0.25) is 9.59 Å². The molecule has 0 aromatic carbocycles. The van der Waals surface area contributed by atoms with E-state index in [1.165, 1.54) is 11.9 Å². The van der Waals surface area contributed by atoms with Crippen LogP contribution in [0.2, 0.25) is 0 Å². The number of esters is 1. The molecule has 0 saturated heterocycles. The van der Waals surface area contributed by atoms with E-state index in [-0.39, 0.29) is 19.2 Å². The summed E-state index contributed by atoms with van der Waals surface area (Å²) in [6.07, 6.45) is 2.00. The molecular formula is C12H20N2O5. The predicted octanol–water partition coefficient (Wildman–Crippen LogP) is 0.444. The number of hydrogen-bond donors (Lipinski definition) is 2. The van der Waals surface area contributed by atoms with Crippen molar-refractivity contribution in [3.05, 3.63) is 0 Å². The standard InChI is InChI=1S/C12H20N2O5/c1-3-19-10(15)7-14(2)12(18)13-9-6-4-5-8(9)11(16)17/h8-9H,3-7H2,1-2H3,(H,13,18)(H,16,17). The fourth-order valence-corrected chi connectivity index (χ4v) is 2.17. The smallest absolute Gasteiger partial charge is 0.325 e. The number of carbonyl (C=O) groups is 3. The Hall–Kier alpha value is -1.79. The topological polar surface area (TPSA) is 95.9 Å². The van der Waals surface area contributed by atoms with Crippen molar-refractivity contribution >= 4 is 18.0 Å². The van der Waals surface area contributed by atoms with E-state index >= 15 is 0 Å². The normalized spacial score (nSPS) is 21.8. The van der Waals surface area contributed by atoms with Crippen LogP contribution in [0.25, 0.3) is 0 Å². The van der Waals surface area contributed by atoms with E-state index in [0.717, 1.165) is 6.42 Å². The average Bonchev–Trinajstić information content (AvgIpc) is 2.77. The Morgan fingerprint density at radius 2 is 2.05 bits per heavy atom. The highest BCUT2D eigenvalue weighted by Crippen LogP contribution is 2.25. The minimum absolute atomic E-state index is 0.149. The summed E-state index contributed by atoms with van der Waals surface area (Å²) >= 11 is 0. The molecule has 1 saturated carbocycles. The second kappa shape index (κ2) is 6.96. The maximum Gasteiger partial charge on any atom is 0.325 e. The molecule has 0 aromatic rings. The minimum atomic E-state index is -0.893. The van der Waals surface area contributed by atoms with Gasteiger partial charge in [0, 0.05) is 13.1 Å². The van der Waals surface area contributed by atoms with Gasteiger partial charge in [0.15, 0.2) is 0 Å². The molecule has 7 nitrogen and oxygen atoms in total. The summed E-state index contributed by atoms with van der Waals surface area (Å²) in [5.74, 6) is -1.92. The van der Waals surface area contributed by atoms with Gasteiger partial charge < -0.3 is 20.1 Å². The first-order valence-corrected chi connectivity index (χ1v) is 6.35. The van der Waals surface area contributed by atoms with E-state index in [1.807, 2.05) is 0 Å². The van der Waals surface area contributed by atoms with Crippen molar-refractivity contribution in [2.75, 3.05) is 20.2 Å². The largest absolute Gasteiger partial charge is 0.481 e. The van der Waals surface area contributed by atoms with E-state index in [9.17, 15) is 14.4 Å². The van der Waals surface area contributed by atoms with Crippen LogP contribution in [0.3, 0.4) is 0 Å². The quantitative estimate of drug-likeness (QED) is 0.708. The van der Waals surface area contributed by atoms with Gasteiger partial charge in [0.1, 0.15) is 6.54 Å². The lowest BCUT2D eigenvalue weighted by Crippen LogP contribution is -2.47. The Morgan fingerprint density at radius 1 is 1.37 bits per heavy atom. The molecule has 1 rings (SSSR count). The number of likely N-dealkylation sites (N-methyl/N-ethyl adjacent to an activating group) is 1. The van der Waals surface area contributed by atoms with Gasteiger partial charge in [0.2, 0.25) is 0 Å².